The van der Waals surface area contributed by atoms with Crippen molar-refractivity contribution in [3.05, 3.63) is 194 Å². The van der Waals surface area contributed by atoms with Gasteiger partial charge in [0.15, 0.2) is 0 Å². The van der Waals surface area contributed by atoms with Crippen LogP contribution in [0.2, 0.25) is 0 Å². The van der Waals surface area contributed by atoms with Gasteiger partial charge in [0.05, 0.1) is 0 Å². The van der Waals surface area contributed by atoms with E-state index in [1.54, 1.807) is 0 Å². The standard InChI is InChI=1S/C58H42N2/c1-3-59-52-29-10-8-20-47(52)57-43(27-15-31-54(57)59)41-23-13-25-45-50(41)36-51-42(44-28-16-32-55-58(44)48-21-9-11-30-53(48)60(55)4-2)24-14-26-46(51)56(45)39-34-33-38-19-12-22-40(49(38)35-39)37-17-6-5-7-18-37/h5-36H,3-4H2,1-2H3. The SMILES string of the molecule is CCn1c2ccccc2c2c(-c3cccc4c(-c5ccc6cccc(-c7ccccc7)c6c5)c5cccc(-c6cccc7c6c6ccccc6n7CC)c5cc34)cccc21. The minimum atomic E-state index is 0.911. The first-order chi connectivity index (χ1) is 29.7. The van der Waals surface area contributed by atoms with Gasteiger partial charge in [-0.25, -0.2) is 0 Å². The molecule has 2 aromatic heterocycles. The fraction of sp³-hybridized carbons (Fsp3) is 0.0690. The molecule has 0 fully saturated rings. The lowest BCUT2D eigenvalue weighted by molar-refractivity contribution is 0.827. The molecule has 0 aliphatic carbocycles. The normalized spacial score (nSPS) is 12.0. The van der Waals surface area contributed by atoms with Crippen LogP contribution in [0.25, 0.3) is 120 Å². The summed E-state index contributed by atoms with van der Waals surface area (Å²) in [6.45, 7) is 6.32. The largest absolute Gasteiger partial charge is 0.341 e. The molecule has 2 heteroatoms. The number of nitrogens with zero attached hydrogens (tertiary/aromatic N) is 2. The summed E-state index contributed by atoms with van der Waals surface area (Å²) in [6.07, 6.45) is 0. The third kappa shape index (κ3) is 5.01. The summed E-state index contributed by atoms with van der Waals surface area (Å²) in [5.74, 6) is 0. The summed E-state index contributed by atoms with van der Waals surface area (Å²) in [7, 11) is 0. The number of aryl methyl sites for hydroxylation is 2. The number of aromatic nitrogens is 2. The summed E-state index contributed by atoms with van der Waals surface area (Å²) in [5.41, 5.74) is 15.1. The Balaban J connectivity index is 1.23. The topological polar surface area (TPSA) is 9.86 Å². The molecule has 284 valence electrons. The van der Waals surface area contributed by atoms with Crippen molar-refractivity contribution in [3.63, 3.8) is 0 Å². The maximum absolute atomic E-state index is 2.50. The van der Waals surface area contributed by atoms with Crippen LogP contribution < -0.4 is 0 Å². The van der Waals surface area contributed by atoms with Crippen LogP contribution >= 0.6 is 0 Å². The Morgan fingerprint density at radius 2 is 0.767 bits per heavy atom. The summed E-state index contributed by atoms with van der Waals surface area (Å²) in [6, 6.07) is 72.6. The molecule has 10 aromatic carbocycles. The van der Waals surface area contributed by atoms with Gasteiger partial charge in [0.2, 0.25) is 0 Å². The maximum Gasteiger partial charge on any atom is 0.0497 e. The molecule has 0 saturated heterocycles. The number of hydrogen-bond donors (Lipinski definition) is 0. The zero-order valence-electron chi connectivity index (χ0n) is 33.8. The second-order valence-corrected chi connectivity index (χ2v) is 16.1. The molecule has 0 aliphatic heterocycles. The van der Waals surface area contributed by atoms with E-state index in [0.29, 0.717) is 0 Å². The van der Waals surface area contributed by atoms with Gasteiger partial charge < -0.3 is 9.13 Å². The van der Waals surface area contributed by atoms with E-state index in [2.05, 4.69) is 217 Å². The highest BCUT2D eigenvalue weighted by Crippen LogP contribution is 2.47. The van der Waals surface area contributed by atoms with Gasteiger partial charge in [-0.2, -0.15) is 0 Å². The maximum atomic E-state index is 2.50. The lowest BCUT2D eigenvalue weighted by Gasteiger charge is -2.19. The fourth-order valence-electron chi connectivity index (χ4n) is 10.6. The first-order valence-corrected chi connectivity index (χ1v) is 21.3. The Morgan fingerprint density at radius 1 is 0.300 bits per heavy atom. The van der Waals surface area contributed by atoms with E-state index in [4.69, 9.17) is 0 Å². The Morgan fingerprint density at radius 3 is 1.35 bits per heavy atom. The highest BCUT2D eigenvalue weighted by atomic mass is 15.0. The molecule has 0 saturated carbocycles. The predicted octanol–water partition coefficient (Wildman–Crippen LogP) is 16.1. The van der Waals surface area contributed by atoms with Gasteiger partial charge in [-0.05, 0) is 127 Å². The highest BCUT2D eigenvalue weighted by Gasteiger charge is 2.21. The van der Waals surface area contributed by atoms with Gasteiger partial charge in [-0.15, -0.1) is 0 Å². The van der Waals surface area contributed by atoms with Crippen molar-refractivity contribution in [2.45, 2.75) is 26.9 Å². The molecule has 0 N–H and O–H groups in total. The molecule has 0 spiro atoms. The van der Waals surface area contributed by atoms with Gasteiger partial charge >= 0.3 is 0 Å². The van der Waals surface area contributed by atoms with E-state index < -0.39 is 0 Å². The van der Waals surface area contributed by atoms with Crippen molar-refractivity contribution >= 4 is 75.9 Å². The molecule has 2 nitrogen and oxygen atoms in total. The molecule has 0 atom stereocenters. The average molecular weight is 767 g/mol. The smallest absolute Gasteiger partial charge is 0.0497 e. The molecule has 0 amide bonds. The highest BCUT2D eigenvalue weighted by molar-refractivity contribution is 6.24. The lowest BCUT2D eigenvalue weighted by Crippen LogP contribution is -1.94. The quantitative estimate of drug-likeness (QED) is 0.149. The second-order valence-electron chi connectivity index (χ2n) is 16.1. The van der Waals surface area contributed by atoms with E-state index in [1.807, 2.05) is 0 Å². The monoisotopic (exact) mass is 766 g/mol. The van der Waals surface area contributed by atoms with Gasteiger partial charge in [0.1, 0.15) is 0 Å². The van der Waals surface area contributed by atoms with Gasteiger partial charge in [-0.3, -0.25) is 0 Å². The molecule has 0 unspecified atom stereocenters. The predicted molar refractivity (Wildman–Crippen MR) is 258 cm³/mol. The van der Waals surface area contributed by atoms with E-state index in [1.165, 1.54) is 120 Å². The molecule has 2 heterocycles. The Bertz CT molecular complexity index is 3500. The summed E-state index contributed by atoms with van der Waals surface area (Å²) in [4.78, 5) is 0. The van der Waals surface area contributed by atoms with Crippen LogP contribution in [-0.4, -0.2) is 9.13 Å². The van der Waals surface area contributed by atoms with Crippen LogP contribution in [0.15, 0.2) is 194 Å². The van der Waals surface area contributed by atoms with Crippen molar-refractivity contribution in [1.82, 2.24) is 9.13 Å². The van der Waals surface area contributed by atoms with E-state index in [-0.39, 0.29) is 0 Å². The number of benzene rings is 10. The molecular formula is C58H42N2. The Labute approximate surface area is 349 Å². The zero-order valence-corrected chi connectivity index (χ0v) is 33.8. The van der Waals surface area contributed by atoms with Crippen LogP contribution in [0.4, 0.5) is 0 Å². The third-order valence-corrected chi connectivity index (χ3v) is 13.1. The molecule has 0 aliphatic rings. The van der Waals surface area contributed by atoms with E-state index in [9.17, 15) is 0 Å². The van der Waals surface area contributed by atoms with Gasteiger partial charge in [0, 0.05) is 56.7 Å². The van der Waals surface area contributed by atoms with Crippen LogP contribution in [0.3, 0.4) is 0 Å². The van der Waals surface area contributed by atoms with Crippen molar-refractivity contribution < 1.29 is 0 Å². The number of fused-ring (bicyclic) bond motifs is 9. The Kier molecular flexibility index (Phi) is 7.83. The van der Waals surface area contributed by atoms with Gasteiger partial charge in [-0.1, -0.05) is 158 Å². The van der Waals surface area contributed by atoms with Crippen LogP contribution in [0, 0.1) is 0 Å². The minimum absolute atomic E-state index is 0.911. The summed E-state index contributed by atoms with van der Waals surface area (Å²) >= 11 is 0. The number of hydrogen-bond acceptors (Lipinski definition) is 0. The van der Waals surface area contributed by atoms with Crippen molar-refractivity contribution in [2.75, 3.05) is 0 Å². The molecule has 60 heavy (non-hydrogen) atoms. The van der Waals surface area contributed by atoms with Crippen LogP contribution in [-0.2, 0) is 13.1 Å². The van der Waals surface area contributed by atoms with Crippen LogP contribution in [0.5, 0.6) is 0 Å². The lowest BCUT2D eigenvalue weighted by atomic mass is 9.84. The minimum Gasteiger partial charge on any atom is -0.341 e. The van der Waals surface area contributed by atoms with E-state index in [0.717, 1.165) is 13.1 Å². The van der Waals surface area contributed by atoms with Crippen molar-refractivity contribution in [1.29, 1.82) is 0 Å². The molecule has 0 radical (unpaired) electrons. The second kappa shape index (κ2) is 13.6. The van der Waals surface area contributed by atoms with Crippen LogP contribution in [0.1, 0.15) is 13.8 Å². The fourth-order valence-corrected chi connectivity index (χ4v) is 10.6. The van der Waals surface area contributed by atoms with Crippen molar-refractivity contribution in [3.8, 4) is 44.5 Å². The summed E-state index contributed by atoms with van der Waals surface area (Å²) in [5, 5.41) is 12.7. The molecular weight excluding hydrogens is 725 g/mol. The zero-order chi connectivity index (χ0) is 39.9. The van der Waals surface area contributed by atoms with Gasteiger partial charge in [0.25, 0.3) is 0 Å². The van der Waals surface area contributed by atoms with E-state index >= 15 is 0 Å². The summed E-state index contributed by atoms with van der Waals surface area (Å²) < 4.78 is 4.93. The first kappa shape index (κ1) is 34.6. The number of rotatable bonds is 6. The number of para-hydroxylation sites is 2. The Hall–Kier alpha value is -7.42. The molecule has 0 bridgehead atoms. The molecule has 12 rings (SSSR count). The third-order valence-electron chi connectivity index (χ3n) is 13.1. The first-order valence-electron chi connectivity index (χ1n) is 21.3. The molecule has 12 aromatic rings. The van der Waals surface area contributed by atoms with Crippen molar-refractivity contribution in [2.24, 2.45) is 0 Å². The average Bonchev–Trinajstić information content (AvgIpc) is 3.82.